The molecule has 0 aliphatic rings. The Morgan fingerprint density at radius 3 is 2.36 bits per heavy atom. The molecule has 1 heterocycles. The van der Waals surface area contributed by atoms with Crippen molar-refractivity contribution in [2.24, 2.45) is 0 Å². The molecular weight excluding hydrogens is 489 g/mol. The van der Waals surface area contributed by atoms with E-state index in [-0.39, 0.29) is 34.8 Å². The number of benzene rings is 3. The number of carboxylic acids is 1. The fraction of sp³-hybridized carbons (Fsp3) is 0.154. The predicted molar refractivity (Wildman–Crippen MR) is 133 cm³/mol. The monoisotopic (exact) mass is 511 g/mol. The molecule has 0 radical (unpaired) electrons. The Morgan fingerprint density at radius 1 is 1.06 bits per heavy atom. The lowest BCUT2D eigenvalue weighted by molar-refractivity contribution is 0.0528. The Kier molecular flexibility index (Phi) is 6.55. The summed E-state index contributed by atoms with van der Waals surface area (Å²) in [4.78, 5) is 24.6. The summed E-state index contributed by atoms with van der Waals surface area (Å²) in [5.74, 6) is -2.16. The van der Waals surface area contributed by atoms with Crippen LogP contribution in [0.2, 0.25) is 0 Å². The number of nitrogens with zero attached hydrogens (tertiary/aromatic N) is 1. The maximum atomic E-state index is 13.5. The van der Waals surface area contributed by atoms with Crippen LogP contribution in [0, 0.1) is 5.82 Å². The Labute approximate surface area is 206 Å². The number of hydrogen-bond donors (Lipinski definition) is 1. The van der Waals surface area contributed by atoms with Gasteiger partial charge in [-0.15, -0.1) is 0 Å². The topological polar surface area (TPSA) is 114 Å². The SMILES string of the molecule is CCOC(=O)c1c(-c2ccc(F)cc2)oc2cc(N(C)S(C)(=O)=O)c(-c3cccc(C(=O)O)c3)cc12. The molecule has 0 aliphatic heterocycles. The summed E-state index contributed by atoms with van der Waals surface area (Å²) in [7, 11) is -2.37. The second-order valence-electron chi connectivity index (χ2n) is 8.02. The van der Waals surface area contributed by atoms with Crippen LogP contribution in [0.5, 0.6) is 0 Å². The van der Waals surface area contributed by atoms with E-state index in [0.29, 0.717) is 22.1 Å². The van der Waals surface area contributed by atoms with Crippen molar-refractivity contribution in [2.75, 3.05) is 24.2 Å². The van der Waals surface area contributed by atoms with Gasteiger partial charge in [-0.3, -0.25) is 4.31 Å². The number of ether oxygens (including phenoxy) is 1. The standard InChI is InChI=1S/C26H22FNO7S/c1-4-34-26(31)23-20-13-19(16-6-5-7-17(12-16)25(29)30)21(28(2)36(3,32)33)14-22(20)35-24(23)15-8-10-18(27)11-9-15/h5-14H,4H2,1-3H3,(H,29,30). The zero-order valence-electron chi connectivity index (χ0n) is 19.6. The lowest BCUT2D eigenvalue weighted by Crippen LogP contribution is -2.25. The van der Waals surface area contributed by atoms with Crippen LogP contribution in [0.1, 0.15) is 27.6 Å². The third kappa shape index (κ3) is 4.67. The van der Waals surface area contributed by atoms with E-state index in [9.17, 15) is 27.5 Å². The number of sulfonamides is 1. The average Bonchev–Trinajstić information content (AvgIpc) is 3.21. The number of esters is 1. The number of aromatic carboxylic acids is 1. The van der Waals surface area contributed by atoms with Crippen LogP contribution >= 0.6 is 0 Å². The van der Waals surface area contributed by atoms with Crippen molar-refractivity contribution >= 4 is 38.6 Å². The number of anilines is 1. The molecule has 8 nitrogen and oxygen atoms in total. The number of carboxylic acid groups (broad SMARTS) is 1. The smallest absolute Gasteiger partial charge is 0.342 e. The molecule has 4 aromatic rings. The summed E-state index contributed by atoms with van der Waals surface area (Å²) < 4.78 is 50.7. The number of carbonyl (C=O) groups is 2. The summed E-state index contributed by atoms with van der Waals surface area (Å²) in [5.41, 5.74) is 1.69. The van der Waals surface area contributed by atoms with Crippen molar-refractivity contribution in [2.45, 2.75) is 6.92 Å². The van der Waals surface area contributed by atoms with Gasteiger partial charge in [-0.2, -0.15) is 0 Å². The molecule has 0 bridgehead atoms. The summed E-state index contributed by atoms with van der Waals surface area (Å²) >= 11 is 0. The highest BCUT2D eigenvalue weighted by Gasteiger charge is 2.27. The molecule has 1 aromatic heterocycles. The zero-order valence-corrected chi connectivity index (χ0v) is 20.4. The van der Waals surface area contributed by atoms with Crippen molar-refractivity contribution in [3.63, 3.8) is 0 Å². The molecule has 36 heavy (non-hydrogen) atoms. The molecule has 0 spiro atoms. The highest BCUT2D eigenvalue weighted by Crippen LogP contribution is 2.41. The van der Waals surface area contributed by atoms with Gasteiger partial charge >= 0.3 is 11.9 Å². The number of fused-ring (bicyclic) bond motifs is 1. The number of furan rings is 1. The van der Waals surface area contributed by atoms with Crippen LogP contribution in [0.15, 0.2) is 65.1 Å². The molecule has 0 unspecified atom stereocenters. The van der Waals surface area contributed by atoms with E-state index in [1.54, 1.807) is 25.1 Å². The van der Waals surface area contributed by atoms with Crippen LogP contribution in [0.3, 0.4) is 0 Å². The maximum absolute atomic E-state index is 13.5. The van der Waals surface area contributed by atoms with Gasteiger partial charge in [0.05, 0.1) is 24.1 Å². The Bertz CT molecular complexity index is 1590. The van der Waals surface area contributed by atoms with Crippen molar-refractivity contribution in [3.05, 3.63) is 77.6 Å². The quantitative estimate of drug-likeness (QED) is 0.340. The Hall–Kier alpha value is -4.18. The molecule has 10 heteroatoms. The lowest BCUT2D eigenvalue weighted by Gasteiger charge is -2.21. The first-order valence-corrected chi connectivity index (χ1v) is 12.7. The fourth-order valence-corrected chi connectivity index (χ4v) is 4.34. The van der Waals surface area contributed by atoms with E-state index in [4.69, 9.17) is 9.15 Å². The normalized spacial score (nSPS) is 11.4. The molecule has 0 saturated heterocycles. The maximum Gasteiger partial charge on any atom is 0.342 e. The summed E-state index contributed by atoms with van der Waals surface area (Å²) in [6.07, 6.45) is 1.03. The van der Waals surface area contributed by atoms with E-state index < -0.39 is 27.8 Å². The molecular formula is C26H22FNO7S. The van der Waals surface area contributed by atoms with Crippen LogP contribution in [-0.2, 0) is 14.8 Å². The van der Waals surface area contributed by atoms with Gasteiger partial charge in [-0.25, -0.2) is 22.4 Å². The summed E-state index contributed by atoms with van der Waals surface area (Å²) in [5, 5.41) is 9.78. The first-order chi connectivity index (χ1) is 17.0. The van der Waals surface area contributed by atoms with Gasteiger partial charge in [0.25, 0.3) is 0 Å². The molecule has 0 fully saturated rings. The van der Waals surface area contributed by atoms with Gasteiger partial charge in [0.15, 0.2) is 0 Å². The van der Waals surface area contributed by atoms with E-state index in [1.165, 1.54) is 49.5 Å². The molecule has 0 amide bonds. The second-order valence-corrected chi connectivity index (χ2v) is 10.0. The lowest BCUT2D eigenvalue weighted by atomic mass is 9.97. The molecule has 1 N–H and O–H groups in total. The van der Waals surface area contributed by atoms with Gasteiger partial charge in [0.1, 0.15) is 22.7 Å². The van der Waals surface area contributed by atoms with Crippen molar-refractivity contribution in [3.8, 4) is 22.5 Å². The highest BCUT2D eigenvalue weighted by atomic mass is 32.2. The van der Waals surface area contributed by atoms with Crippen molar-refractivity contribution < 1.29 is 36.7 Å². The number of carbonyl (C=O) groups excluding carboxylic acids is 1. The largest absolute Gasteiger partial charge is 0.478 e. The van der Waals surface area contributed by atoms with Crippen LogP contribution < -0.4 is 4.31 Å². The van der Waals surface area contributed by atoms with Gasteiger partial charge in [-0.05, 0) is 55.0 Å². The predicted octanol–water partition coefficient (Wildman–Crippen LogP) is 5.18. The first kappa shape index (κ1) is 24.9. The minimum atomic E-state index is -3.72. The average molecular weight is 512 g/mol. The Balaban J connectivity index is 2.08. The van der Waals surface area contributed by atoms with Gasteiger partial charge in [0.2, 0.25) is 10.0 Å². The molecule has 4 rings (SSSR count). The first-order valence-electron chi connectivity index (χ1n) is 10.8. The number of rotatable bonds is 7. The summed E-state index contributed by atoms with van der Waals surface area (Å²) in [6.45, 7) is 1.75. The second kappa shape index (κ2) is 9.46. The molecule has 3 aromatic carbocycles. The van der Waals surface area contributed by atoms with Gasteiger partial charge in [0, 0.05) is 29.6 Å². The Morgan fingerprint density at radius 2 is 1.75 bits per heavy atom. The third-order valence-corrected chi connectivity index (χ3v) is 6.84. The molecule has 186 valence electrons. The van der Waals surface area contributed by atoms with E-state index in [2.05, 4.69) is 0 Å². The minimum absolute atomic E-state index is 0.00497. The summed E-state index contributed by atoms with van der Waals surface area (Å²) in [6, 6.07) is 14.4. The van der Waals surface area contributed by atoms with Crippen LogP contribution in [-0.4, -0.2) is 45.4 Å². The van der Waals surface area contributed by atoms with E-state index in [0.717, 1.165) is 10.6 Å². The molecule has 0 saturated carbocycles. The van der Waals surface area contributed by atoms with Crippen molar-refractivity contribution in [1.82, 2.24) is 0 Å². The molecule has 0 atom stereocenters. The molecule has 0 aliphatic carbocycles. The fourth-order valence-electron chi connectivity index (χ4n) is 3.83. The van der Waals surface area contributed by atoms with Crippen LogP contribution in [0.4, 0.5) is 10.1 Å². The van der Waals surface area contributed by atoms with E-state index in [1.807, 2.05) is 0 Å². The third-order valence-electron chi connectivity index (χ3n) is 5.65. The highest BCUT2D eigenvalue weighted by molar-refractivity contribution is 7.92. The number of halogens is 1. The van der Waals surface area contributed by atoms with Gasteiger partial charge in [-0.1, -0.05) is 12.1 Å². The van der Waals surface area contributed by atoms with Crippen LogP contribution in [0.25, 0.3) is 33.4 Å². The zero-order chi connectivity index (χ0) is 26.2. The number of hydrogen-bond acceptors (Lipinski definition) is 6. The van der Waals surface area contributed by atoms with Gasteiger partial charge < -0.3 is 14.3 Å². The van der Waals surface area contributed by atoms with Crippen molar-refractivity contribution in [1.29, 1.82) is 0 Å². The van der Waals surface area contributed by atoms with E-state index >= 15 is 0 Å². The minimum Gasteiger partial charge on any atom is -0.478 e.